The normalized spacial score (nSPS) is 13.9. The van der Waals surface area contributed by atoms with Gasteiger partial charge in [-0.2, -0.15) is 26.3 Å². The third-order valence-electron chi connectivity index (χ3n) is 3.23. The van der Waals surface area contributed by atoms with Crippen LogP contribution in [0.1, 0.15) is 46.0 Å². The van der Waals surface area contributed by atoms with Gasteiger partial charge in [0.1, 0.15) is 0 Å². The molecule has 0 aliphatic rings. The minimum atomic E-state index is -6.72. The van der Waals surface area contributed by atoms with Crippen LogP contribution in [0.5, 0.6) is 0 Å². The summed E-state index contributed by atoms with van der Waals surface area (Å²) in [7, 11) is -8.76. The SMILES string of the molecule is CCCCCC[N+](C)(C)CCC.O=S(=O)([N-]S(=O)(=O)C(F)(F)F)C(F)(F)F. The topological polar surface area (TPSA) is 82.4 Å². The van der Waals surface area contributed by atoms with E-state index >= 15 is 0 Å². The fourth-order valence-corrected chi connectivity index (χ4v) is 3.61. The van der Waals surface area contributed by atoms with Crippen LogP contribution in [0, 0.1) is 0 Å². The van der Waals surface area contributed by atoms with Crippen molar-refractivity contribution < 1.29 is 47.7 Å². The minimum Gasteiger partial charge on any atom is -0.421 e. The van der Waals surface area contributed by atoms with Gasteiger partial charge >= 0.3 is 11.0 Å². The molecule has 0 atom stereocenters. The van der Waals surface area contributed by atoms with Crippen molar-refractivity contribution in [2.45, 2.75) is 57.0 Å². The molecule has 0 fully saturated rings. The van der Waals surface area contributed by atoms with E-state index in [2.05, 4.69) is 27.9 Å². The Kier molecular flexibility index (Phi) is 11.5. The van der Waals surface area contributed by atoms with Gasteiger partial charge in [0.2, 0.25) is 0 Å². The smallest absolute Gasteiger partial charge is 0.421 e. The molecule has 27 heavy (non-hydrogen) atoms. The van der Waals surface area contributed by atoms with E-state index in [4.69, 9.17) is 0 Å². The van der Waals surface area contributed by atoms with Gasteiger partial charge in [0.05, 0.1) is 27.2 Å². The van der Waals surface area contributed by atoms with Gasteiger partial charge in [-0.05, 0) is 19.3 Å². The quantitative estimate of drug-likeness (QED) is 0.299. The highest BCUT2D eigenvalue weighted by Gasteiger charge is 2.46. The second-order valence-corrected chi connectivity index (χ2v) is 9.78. The van der Waals surface area contributed by atoms with E-state index in [1.807, 2.05) is 0 Å². The number of sulfonamides is 2. The van der Waals surface area contributed by atoms with Crippen molar-refractivity contribution >= 4 is 20.0 Å². The Labute approximate surface area is 156 Å². The van der Waals surface area contributed by atoms with Crippen molar-refractivity contribution in [3.8, 4) is 0 Å². The summed E-state index contributed by atoms with van der Waals surface area (Å²) in [4.78, 5) is 0. The summed E-state index contributed by atoms with van der Waals surface area (Å²) in [5.74, 6) is 0. The predicted molar refractivity (Wildman–Crippen MR) is 89.6 cm³/mol. The Morgan fingerprint density at radius 3 is 1.41 bits per heavy atom. The lowest BCUT2D eigenvalue weighted by Crippen LogP contribution is -2.40. The van der Waals surface area contributed by atoms with Crippen molar-refractivity contribution in [2.75, 3.05) is 27.2 Å². The zero-order valence-electron chi connectivity index (χ0n) is 15.6. The Hall–Kier alpha value is -0.600. The number of hydrogen-bond donors (Lipinski definition) is 0. The summed E-state index contributed by atoms with van der Waals surface area (Å²) >= 11 is 0. The molecule has 0 amide bonds. The molecule has 0 heterocycles. The van der Waals surface area contributed by atoms with Crippen LogP contribution in [-0.4, -0.2) is 59.5 Å². The van der Waals surface area contributed by atoms with Crippen molar-refractivity contribution in [2.24, 2.45) is 0 Å². The largest absolute Gasteiger partial charge is 0.480 e. The van der Waals surface area contributed by atoms with Gasteiger partial charge in [-0.25, -0.2) is 16.8 Å². The molecule has 166 valence electrons. The Bertz CT molecular complexity index is 586. The maximum Gasteiger partial charge on any atom is 0.480 e. The number of unbranched alkanes of at least 4 members (excludes halogenated alkanes) is 3. The molecule has 0 aromatic carbocycles. The first-order valence-corrected chi connectivity index (χ1v) is 10.9. The van der Waals surface area contributed by atoms with Crippen LogP contribution in [0.25, 0.3) is 4.13 Å². The summed E-state index contributed by atoms with van der Waals surface area (Å²) in [6, 6.07) is 0. The molecule has 0 N–H and O–H groups in total. The second kappa shape index (κ2) is 10.8. The average molecular weight is 452 g/mol. The number of nitrogens with zero attached hydrogens (tertiary/aromatic N) is 2. The van der Waals surface area contributed by atoms with Crippen LogP contribution < -0.4 is 0 Å². The molecule has 14 heteroatoms. The van der Waals surface area contributed by atoms with Gasteiger partial charge in [0, 0.05) is 0 Å². The van der Waals surface area contributed by atoms with E-state index < -0.39 is 31.1 Å². The highest BCUT2D eigenvalue weighted by atomic mass is 32.3. The monoisotopic (exact) mass is 452 g/mol. The number of halogens is 6. The molecule has 0 saturated carbocycles. The Morgan fingerprint density at radius 2 is 1.11 bits per heavy atom. The zero-order chi connectivity index (χ0) is 22.2. The molecule has 0 bridgehead atoms. The van der Waals surface area contributed by atoms with E-state index in [-0.39, 0.29) is 0 Å². The molecule has 0 rings (SSSR count). The third kappa shape index (κ3) is 11.8. The van der Waals surface area contributed by atoms with Crippen LogP contribution in [0.2, 0.25) is 0 Å². The van der Waals surface area contributed by atoms with Crippen LogP contribution in [-0.2, 0) is 20.0 Å². The zero-order valence-corrected chi connectivity index (χ0v) is 17.2. The van der Waals surface area contributed by atoms with E-state index in [0.717, 1.165) is 4.13 Å². The first-order valence-electron chi connectivity index (χ1n) is 8.02. The van der Waals surface area contributed by atoms with Crippen LogP contribution in [0.3, 0.4) is 0 Å². The van der Waals surface area contributed by atoms with Gasteiger partial charge < -0.3 is 8.61 Å². The standard InChI is InChI=1S/C11H26N.C2F6NO4S2/c1-5-7-8-9-11-12(3,4)10-6-2;3-1(4,5)14(10,11)9-15(12,13)2(6,7)8/h5-11H2,1-4H3;/q+1;-1. The van der Waals surface area contributed by atoms with Crippen molar-refractivity contribution in [1.82, 2.24) is 0 Å². The first-order chi connectivity index (χ1) is 11.8. The molecule has 6 nitrogen and oxygen atoms in total. The summed E-state index contributed by atoms with van der Waals surface area (Å²) in [6.07, 6.45) is 6.89. The van der Waals surface area contributed by atoms with Gasteiger partial charge in [-0.3, -0.25) is 0 Å². The predicted octanol–water partition coefficient (Wildman–Crippen LogP) is 4.11. The maximum atomic E-state index is 11.4. The van der Waals surface area contributed by atoms with Gasteiger partial charge in [0.15, 0.2) is 20.0 Å². The fraction of sp³-hybridized carbons (Fsp3) is 1.00. The number of hydrogen-bond acceptors (Lipinski definition) is 4. The van der Waals surface area contributed by atoms with Crippen LogP contribution in [0.4, 0.5) is 26.3 Å². The van der Waals surface area contributed by atoms with Gasteiger partial charge in [-0.15, -0.1) is 0 Å². The second-order valence-electron chi connectivity index (χ2n) is 6.36. The Balaban J connectivity index is 0. The Morgan fingerprint density at radius 1 is 0.704 bits per heavy atom. The number of quaternary nitrogens is 1. The molecular formula is C13H26F6N2O4S2. The summed E-state index contributed by atoms with van der Waals surface area (Å²) in [5, 5.41) is 0. The van der Waals surface area contributed by atoms with Gasteiger partial charge in [0.25, 0.3) is 0 Å². The lowest BCUT2D eigenvalue weighted by molar-refractivity contribution is -0.890. The fourth-order valence-electron chi connectivity index (χ4n) is 1.90. The summed E-state index contributed by atoms with van der Waals surface area (Å²) in [5.41, 5.74) is -12.4. The maximum absolute atomic E-state index is 11.4. The number of alkyl halides is 6. The summed E-state index contributed by atoms with van der Waals surface area (Å²) in [6.45, 7) is 7.22. The van der Waals surface area contributed by atoms with E-state index in [0.29, 0.717) is 0 Å². The van der Waals surface area contributed by atoms with Crippen LogP contribution in [0.15, 0.2) is 0 Å². The average Bonchev–Trinajstić information content (AvgIpc) is 2.40. The molecule has 0 aromatic heterocycles. The van der Waals surface area contributed by atoms with Crippen molar-refractivity contribution in [3.63, 3.8) is 0 Å². The van der Waals surface area contributed by atoms with E-state index in [1.165, 1.54) is 49.7 Å². The highest BCUT2D eigenvalue weighted by Crippen LogP contribution is 2.36. The lowest BCUT2D eigenvalue weighted by atomic mass is 10.2. The number of rotatable bonds is 9. The molecule has 0 aliphatic heterocycles. The lowest BCUT2D eigenvalue weighted by Gasteiger charge is -2.29. The van der Waals surface area contributed by atoms with Crippen molar-refractivity contribution in [3.05, 3.63) is 4.13 Å². The van der Waals surface area contributed by atoms with Crippen molar-refractivity contribution in [1.29, 1.82) is 0 Å². The molecule has 0 aromatic rings. The van der Waals surface area contributed by atoms with Crippen LogP contribution >= 0.6 is 0 Å². The molecule has 0 unspecified atom stereocenters. The molecule has 0 radical (unpaired) electrons. The molecule has 0 aliphatic carbocycles. The van der Waals surface area contributed by atoms with Gasteiger partial charge in [-0.1, -0.05) is 26.7 Å². The highest BCUT2D eigenvalue weighted by molar-refractivity contribution is 8.13. The molecule has 0 spiro atoms. The minimum absolute atomic E-state index is 0.778. The van der Waals surface area contributed by atoms with E-state index in [1.54, 1.807) is 0 Å². The first kappa shape index (κ1) is 28.6. The van der Waals surface area contributed by atoms with E-state index in [9.17, 15) is 43.2 Å². The molecular weight excluding hydrogens is 426 g/mol. The summed E-state index contributed by atoms with van der Waals surface area (Å²) < 4.78 is 110. The molecule has 0 saturated heterocycles. The third-order valence-corrected chi connectivity index (χ3v) is 5.97.